The van der Waals surface area contributed by atoms with Gasteiger partial charge in [0.15, 0.2) is 0 Å². The molecule has 0 aliphatic heterocycles. The Bertz CT molecular complexity index is 340. The average molecular weight is 281 g/mol. The van der Waals surface area contributed by atoms with Crippen LogP contribution >= 0.6 is 0 Å². The summed E-state index contributed by atoms with van der Waals surface area (Å²) >= 11 is 0. The van der Waals surface area contributed by atoms with Gasteiger partial charge in [0.2, 0.25) is 5.91 Å². The van der Waals surface area contributed by atoms with E-state index in [2.05, 4.69) is 26.1 Å². The molecule has 20 heavy (non-hydrogen) atoms. The van der Waals surface area contributed by atoms with Gasteiger partial charge in [-0.1, -0.05) is 33.6 Å². The van der Waals surface area contributed by atoms with Gasteiger partial charge in [-0.2, -0.15) is 0 Å². The zero-order chi connectivity index (χ0) is 14.8. The Morgan fingerprint density at radius 3 is 2.65 bits per heavy atom. The largest absolute Gasteiger partial charge is 0.396 e. The highest BCUT2D eigenvalue weighted by Crippen LogP contribution is 2.61. The fourth-order valence-electron chi connectivity index (χ4n) is 4.48. The number of rotatable bonds is 7. The summed E-state index contributed by atoms with van der Waals surface area (Å²) in [6, 6.07) is 0.299. The van der Waals surface area contributed by atoms with Crippen LogP contribution in [-0.2, 0) is 4.79 Å². The Labute approximate surface area is 123 Å². The highest BCUT2D eigenvalue weighted by molar-refractivity contribution is 5.76. The molecule has 0 spiro atoms. The lowest BCUT2D eigenvalue weighted by Crippen LogP contribution is -2.61. The summed E-state index contributed by atoms with van der Waals surface area (Å²) in [6.45, 7) is 7.11. The molecule has 2 N–H and O–H groups in total. The third-order valence-corrected chi connectivity index (χ3v) is 5.93. The van der Waals surface area contributed by atoms with Crippen molar-refractivity contribution in [3.8, 4) is 0 Å². The van der Waals surface area contributed by atoms with Crippen molar-refractivity contribution in [2.24, 2.45) is 23.2 Å². The van der Waals surface area contributed by atoms with Crippen molar-refractivity contribution in [2.75, 3.05) is 6.61 Å². The van der Waals surface area contributed by atoms with E-state index in [9.17, 15) is 9.90 Å². The molecule has 116 valence electrons. The zero-order valence-electron chi connectivity index (χ0n) is 13.3. The van der Waals surface area contributed by atoms with Gasteiger partial charge in [0, 0.05) is 19.1 Å². The van der Waals surface area contributed by atoms with Crippen molar-refractivity contribution in [1.82, 2.24) is 5.32 Å². The van der Waals surface area contributed by atoms with Crippen LogP contribution < -0.4 is 5.32 Å². The van der Waals surface area contributed by atoms with Crippen LogP contribution in [0.25, 0.3) is 0 Å². The van der Waals surface area contributed by atoms with Gasteiger partial charge in [-0.3, -0.25) is 4.79 Å². The Morgan fingerprint density at radius 1 is 1.30 bits per heavy atom. The second-order valence-electron chi connectivity index (χ2n) is 7.40. The predicted molar refractivity (Wildman–Crippen MR) is 81.3 cm³/mol. The lowest BCUT2D eigenvalue weighted by Gasteiger charge is -2.62. The van der Waals surface area contributed by atoms with E-state index in [-0.39, 0.29) is 12.5 Å². The van der Waals surface area contributed by atoms with Crippen LogP contribution in [0.4, 0.5) is 0 Å². The minimum Gasteiger partial charge on any atom is -0.396 e. The van der Waals surface area contributed by atoms with E-state index >= 15 is 0 Å². The van der Waals surface area contributed by atoms with E-state index in [0.29, 0.717) is 29.7 Å². The number of unbranched alkanes of at least 4 members (excludes halogenated alkanes) is 2. The molecule has 0 aromatic rings. The SMILES string of the molecule is CCCCCC(=O)N[C@H]1C[C@H]2C[C@@H]([C@@H]1CCO)C2(C)C. The quantitative estimate of drug-likeness (QED) is 0.704. The molecule has 0 aromatic heterocycles. The number of hydrogen-bond acceptors (Lipinski definition) is 2. The van der Waals surface area contributed by atoms with Crippen LogP contribution in [0.2, 0.25) is 0 Å². The van der Waals surface area contributed by atoms with Gasteiger partial charge >= 0.3 is 0 Å². The second-order valence-corrected chi connectivity index (χ2v) is 7.40. The third kappa shape index (κ3) is 3.03. The van der Waals surface area contributed by atoms with Crippen LogP contribution in [0.1, 0.15) is 65.7 Å². The van der Waals surface area contributed by atoms with Crippen LogP contribution in [0.5, 0.6) is 0 Å². The van der Waals surface area contributed by atoms with Gasteiger partial charge in [0.25, 0.3) is 0 Å². The van der Waals surface area contributed by atoms with Gasteiger partial charge in [-0.05, 0) is 48.9 Å². The molecular weight excluding hydrogens is 250 g/mol. The molecule has 3 aliphatic carbocycles. The van der Waals surface area contributed by atoms with Gasteiger partial charge in [0.1, 0.15) is 0 Å². The molecule has 1 amide bonds. The lowest BCUT2D eigenvalue weighted by atomic mass is 9.44. The number of hydrogen-bond donors (Lipinski definition) is 2. The first kappa shape index (κ1) is 15.8. The number of carbonyl (C=O) groups is 1. The standard InChI is InChI=1S/C17H31NO2/c1-4-5-6-7-16(20)18-15-11-12-10-14(17(12,2)3)13(15)8-9-19/h12-15,19H,4-11H2,1-3H3,(H,18,20)/t12-,13+,14+,15+/m1/s1. The van der Waals surface area contributed by atoms with E-state index in [1.54, 1.807) is 0 Å². The summed E-state index contributed by atoms with van der Waals surface area (Å²) in [5, 5.41) is 12.6. The van der Waals surface area contributed by atoms with Crippen LogP contribution in [-0.4, -0.2) is 23.7 Å². The summed E-state index contributed by atoms with van der Waals surface area (Å²) in [5.41, 5.74) is 0.406. The number of carbonyl (C=O) groups excluding carboxylic acids is 1. The molecule has 0 saturated heterocycles. The van der Waals surface area contributed by atoms with Crippen molar-refractivity contribution in [1.29, 1.82) is 0 Å². The minimum atomic E-state index is 0.213. The first-order valence-corrected chi connectivity index (χ1v) is 8.40. The fourth-order valence-corrected chi connectivity index (χ4v) is 4.48. The second kappa shape index (κ2) is 6.46. The number of amides is 1. The molecule has 3 heteroatoms. The Morgan fingerprint density at radius 2 is 2.05 bits per heavy atom. The molecule has 3 aliphatic rings. The summed E-state index contributed by atoms with van der Waals surface area (Å²) in [7, 11) is 0. The molecule has 4 atom stereocenters. The molecule has 3 nitrogen and oxygen atoms in total. The molecule has 0 unspecified atom stereocenters. The molecule has 3 rings (SSSR count). The van der Waals surface area contributed by atoms with E-state index in [0.717, 1.165) is 38.0 Å². The van der Waals surface area contributed by atoms with E-state index in [4.69, 9.17) is 0 Å². The molecular formula is C17H31NO2. The first-order valence-electron chi connectivity index (χ1n) is 8.40. The Hall–Kier alpha value is -0.570. The number of aliphatic hydroxyl groups excluding tert-OH is 1. The third-order valence-electron chi connectivity index (χ3n) is 5.93. The summed E-state index contributed by atoms with van der Waals surface area (Å²) in [5.74, 6) is 2.11. The summed E-state index contributed by atoms with van der Waals surface area (Å²) in [6.07, 6.45) is 7.18. The molecule has 3 saturated carbocycles. The van der Waals surface area contributed by atoms with Crippen molar-refractivity contribution in [3.63, 3.8) is 0 Å². The van der Waals surface area contributed by atoms with E-state index in [1.807, 2.05) is 0 Å². The smallest absolute Gasteiger partial charge is 0.220 e. The molecule has 0 radical (unpaired) electrons. The molecule has 2 bridgehead atoms. The van der Waals surface area contributed by atoms with Crippen molar-refractivity contribution in [3.05, 3.63) is 0 Å². The zero-order valence-corrected chi connectivity index (χ0v) is 13.3. The number of aliphatic hydroxyl groups is 1. The fraction of sp³-hybridized carbons (Fsp3) is 0.941. The first-order chi connectivity index (χ1) is 9.50. The van der Waals surface area contributed by atoms with Gasteiger partial charge in [0.05, 0.1) is 0 Å². The van der Waals surface area contributed by atoms with Crippen molar-refractivity contribution >= 4 is 5.91 Å². The lowest BCUT2D eigenvalue weighted by molar-refractivity contribution is -0.138. The molecule has 3 fully saturated rings. The maximum atomic E-state index is 12.0. The average Bonchev–Trinajstić information content (AvgIpc) is 2.40. The molecule has 0 aromatic carbocycles. The minimum absolute atomic E-state index is 0.213. The molecule has 0 heterocycles. The van der Waals surface area contributed by atoms with Crippen LogP contribution in [0.3, 0.4) is 0 Å². The predicted octanol–water partition coefficient (Wildman–Crippen LogP) is 3.12. The maximum absolute atomic E-state index is 12.0. The summed E-state index contributed by atoms with van der Waals surface area (Å²) in [4.78, 5) is 12.0. The maximum Gasteiger partial charge on any atom is 0.220 e. The topological polar surface area (TPSA) is 49.3 Å². The number of nitrogens with one attached hydrogen (secondary N) is 1. The number of fused-ring (bicyclic) bond motifs is 2. The monoisotopic (exact) mass is 281 g/mol. The van der Waals surface area contributed by atoms with Crippen LogP contribution in [0.15, 0.2) is 0 Å². The highest BCUT2D eigenvalue weighted by atomic mass is 16.3. The normalized spacial score (nSPS) is 34.4. The van der Waals surface area contributed by atoms with Gasteiger partial charge in [-0.25, -0.2) is 0 Å². The van der Waals surface area contributed by atoms with Crippen LogP contribution in [0, 0.1) is 23.2 Å². The van der Waals surface area contributed by atoms with Crippen molar-refractivity contribution in [2.45, 2.75) is 71.8 Å². The van der Waals surface area contributed by atoms with E-state index in [1.165, 1.54) is 6.42 Å². The van der Waals surface area contributed by atoms with Crippen molar-refractivity contribution < 1.29 is 9.90 Å². The van der Waals surface area contributed by atoms with Gasteiger partial charge < -0.3 is 10.4 Å². The Kier molecular flexibility index (Phi) is 5.11. The summed E-state index contributed by atoms with van der Waals surface area (Å²) < 4.78 is 0. The van der Waals surface area contributed by atoms with E-state index < -0.39 is 0 Å². The Balaban J connectivity index is 1.89. The highest BCUT2D eigenvalue weighted by Gasteiger charge is 2.57. The van der Waals surface area contributed by atoms with Gasteiger partial charge in [-0.15, -0.1) is 0 Å².